The van der Waals surface area contributed by atoms with Crippen LogP contribution < -0.4 is 0 Å². The van der Waals surface area contributed by atoms with Crippen molar-refractivity contribution in [3.63, 3.8) is 0 Å². The van der Waals surface area contributed by atoms with Crippen LogP contribution >= 0.6 is 0 Å². The number of esters is 2. The summed E-state index contributed by atoms with van der Waals surface area (Å²) in [5, 5.41) is 0. The molecule has 4 heteroatoms. The number of hydrogen-bond acceptors (Lipinski definition) is 4. The monoisotopic (exact) mass is 386 g/mol. The molecule has 0 saturated carbocycles. The van der Waals surface area contributed by atoms with E-state index in [2.05, 4.69) is 26.3 Å². The molecule has 0 bridgehead atoms. The fraction of sp³-hybridized carbons (Fsp3) is 0.500. The van der Waals surface area contributed by atoms with E-state index in [-0.39, 0.29) is 24.1 Å². The van der Waals surface area contributed by atoms with Crippen LogP contribution in [0.15, 0.2) is 62.8 Å². The highest BCUT2D eigenvalue weighted by Gasteiger charge is 2.37. The Bertz CT molecular complexity index is 525. The quantitative estimate of drug-likeness (QED) is 0.225. The first-order valence-electron chi connectivity index (χ1n) is 10.1. The number of carbonyl (C=O) groups excluding carboxylic acids is 2. The lowest BCUT2D eigenvalue weighted by Crippen LogP contribution is -2.36. The molecule has 0 N–H and O–H groups in total. The lowest BCUT2D eigenvalue weighted by Gasteiger charge is -2.28. The van der Waals surface area contributed by atoms with Crippen molar-refractivity contribution in [3.05, 3.63) is 62.8 Å². The summed E-state index contributed by atoms with van der Waals surface area (Å²) < 4.78 is 11.2. The number of hydrogen-bond donors (Lipinski definition) is 0. The Hall–Kier alpha value is -2.36. The van der Waals surface area contributed by atoms with Crippen LogP contribution in [0.25, 0.3) is 0 Å². The zero-order valence-electron chi connectivity index (χ0n) is 16.9. The molecule has 0 fully saturated rings. The molecule has 0 spiro atoms. The van der Waals surface area contributed by atoms with Crippen LogP contribution in [-0.4, -0.2) is 24.1 Å². The van der Waals surface area contributed by atoms with E-state index >= 15 is 0 Å². The standard InChI is InChI=1S/C24H34O4/c1-5-9-11-15-19(7-3)27-23(25)21-17-13-14-18-22(21)24(26)28-20(8-4)16-12-10-6-2/h5-8,13-14,19-22H,1-4,9-12,15-18H2. The Kier molecular flexibility index (Phi) is 11.6. The molecule has 28 heavy (non-hydrogen) atoms. The second-order valence-electron chi connectivity index (χ2n) is 7.02. The van der Waals surface area contributed by atoms with Crippen molar-refractivity contribution in [2.24, 2.45) is 11.8 Å². The predicted octanol–water partition coefficient (Wildman–Crippen LogP) is 5.48. The van der Waals surface area contributed by atoms with E-state index in [4.69, 9.17) is 9.47 Å². The molecule has 0 aromatic rings. The van der Waals surface area contributed by atoms with Crippen LogP contribution in [0.4, 0.5) is 0 Å². The third kappa shape index (κ3) is 8.12. The zero-order valence-corrected chi connectivity index (χ0v) is 16.9. The molecule has 0 amide bonds. The normalized spacial score (nSPS) is 20.4. The van der Waals surface area contributed by atoms with Gasteiger partial charge in [-0.2, -0.15) is 0 Å². The molecule has 0 heterocycles. The largest absolute Gasteiger partial charge is 0.458 e. The topological polar surface area (TPSA) is 52.6 Å². The zero-order chi connectivity index (χ0) is 20.8. The van der Waals surface area contributed by atoms with E-state index in [1.165, 1.54) is 0 Å². The van der Waals surface area contributed by atoms with Crippen LogP contribution in [0.3, 0.4) is 0 Å². The van der Waals surface area contributed by atoms with Crippen molar-refractivity contribution in [3.8, 4) is 0 Å². The average Bonchev–Trinajstić information content (AvgIpc) is 2.72. The molecule has 1 rings (SSSR count). The van der Waals surface area contributed by atoms with Gasteiger partial charge in [-0.15, -0.1) is 13.2 Å². The Morgan fingerprint density at radius 1 is 0.821 bits per heavy atom. The van der Waals surface area contributed by atoms with Crippen LogP contribution in [0, 0.1) is 11.8 Å². The Balaban J connectivity index is 2.69. The van der Waals surface area contributed by atoms with Crippen LogP contribution in [-0.2, 0) is 19.1 Å². The van der Waals surface area contributed by atoms with Gasteiger partial charge in [0.05, 0.1) is 11.8 Å². The number of unbranched alkanes of at least 4 members (excludes halogenated alkanes) is 2. The first-order valence-corrected chi connectivity index (χ1v) is 10.1. The summed E-state index contributed by atoms with van der Waals surface area (Å²) in [4.78, 5) is 25.4. The molecule has 0 saturated heterocycles. The minimum Gasteiger partial charge on any atom is -0.458 e. The van der Waals surface area contributed by atoms with Crippen LogP contribution in [0.5, 0.6) is 0 Å². The number of carbonyl (C=O) groups is 2. The second kappa shape index (κ2) is 13.8. The van der Waals surface area contributed by atoms with Crippen LogP contribution in [0.2, 0.25) is 0 Å². The highest BCUT2D eigenvalue weighted by atomic mass is 16.6. The molecule has 4 nitrogen and oxygen atoms in total. The number of rotatable bonds is 14. The Morgan fingerprint density at radius 3 is 1.54 bits per heavy atom. The number of ether oxygens (including phenoxy) is 2. The summed E-state index contributed by atoms with van der Waals surface area (Å²) in [5.74, 6) is -1.79. The smallest absolute Gasteiger partial charge is 0.310 e. The van der Waals surface area contributed by atoms with Crippen molar-refractivity contribution in [1.29, 1.82) is 0 Å². The van der Waals surface area contributed by atoms with Gasteiger partial charge in [-0.3, -0.25) is 9.59 Å². The lowest BCUT2D eigenvalue weighted by molar-refractivity contribution is -0.165. The summed E-state index contributed by atoms with van der Waals surface area (Å²) in [5.41, 5.74) is 0. The first-order chi connectivity index (χ1) is 13.6. The van der Waals surface area contributed by atoms with Gasteiger partial charge in [-0.05, 0) is 51.4 Å². The summed E-state index contributed by atoms with van der Waals surface area (Å²) >= 11 is 0. The molecular weight excluding hydrogens is 352 g/mol. The van der Waals surface area contributed by atoms with Crippen LogP contribution in [0.1, 0.15) is 51.4 Å². The van der Waals surface area contributed by atoms with Crippen molar-refractivity contribution >= 4 is 11.9 Å². The lowest BCUT2D eigenvalue weighted by atomic mass is 9.83. The average molecular weight is 387 g/mol. The van der Waals surface area contributed by atoms with E-state index in [1.807, 2.05) is 24.3 Å². The highest BCUT2D eigenvalue weighted by molar-refractivity contribution is 5.83. The molecule has 154 valence electrons. The maximum atomic E-state index is 12.7. The van der Waals surface area contributed by atoms with Crippen molar-refractivity contribution in [2.75, 3.05) is 0 Å². The van der Waals surface area contributed by atoms with Gasteiger partial charge in [0.2, 0.25) is 0 Å². The summed E-state index contributed by atoms with van der Waals surface area (Å²) in [6.45, 7) is 14.9. The van der Waals surface area contributed by atoms with E-state index in [9.17, 15) is 9.59 Å². The minimum atomic E-state index is -0.530. The molecule has 4 atom stereocenters. The molecule has 1 aliphatic carbocycles. The van der Waals surface area contributed by atoms with Gasteiger partial charge in [0.15, 0.2) is 0 Å². The molecule has 1 aliphatic rings. The fourth-order valence-electron chi connectivity index (χ4n) is 3.18. The van der Waals surface area contributed by atoms with E-state index in [0.717, 1.165) is 25.7 Å². The van der Waals surface area contributed by atoms with Gasteiger partial charge >= 0.3 is 11.9 Å². The van der Waals surface area contributed by atoms with E-state index in [1.54, 1.807) is 12.2 Å². The van der Waals surface area contributed by atoms with Gasteiger partial charge in [0, 0.05) is 0 Å². The fourth-order valence-corrected chi connectivity index (χ4v) is 3.18. The van der Waals surface area contributed by atoms with Crippen molar-refractivity contribution in [2.45, 2.75) is 63.6 Å². The summed E-state index contributed by atoms with van der Waals surface area (Å²) in [7, 11) is 0. The van der Waals surface area contributed by atoms with Crippen molar-refractivity contribution in [1.82, 2.24) is 0 Å². The van der Waals surface area contributed by atoms with Gasteiger partial charge in [0.25, 0.3) is 0 Å². The maximum absolute atomic E-state index is 12.7. The molecule has 0 aromatic carbocycles. The maximum Gasteiger partial charge on any atom is 0.310 e. The third-order valence-electron chi connectivity index (χ3n) is 4.89. The second-order valence-corrected chi connectivity index (χ2v) is 7.02. The SMILES string of the molecule is C=CCCCC(C=C)OC(=O)C1CC=CCC1C(=O)OC(C=C)CCCC=C. The highest BCUT2D eigenvalue weighted by Crippen LogP contribution is 2.29. The van der Waals surface area contributed by atoms with Crippen molar-refractivity contribution < 1.29 is 19.1 Å². The molecule has 0 radical (unpaired) electrons. The first kappa shape index (κ1) is 23.7. The molecule has 0 aromatic heterocycles. The Morgan fingerprint density at radius 2 is 1.21 bits per heavy atom. The van der Waals surface area contributed by atoms with Gasteiger partial charge in [-0.25, -0.2) is 0 Å². The number of allylic oxidation sites excluding steroid dienone is 4. The summed E-state index contributed by atoms with van der Waals surface area (Å²) in [6, 6.07) is 0. The van der Waals surface area contributed by atoms with Gasteiger partial charge < -0.3 is 9.47 Å². The Labute approximate surface area is 169 Å². The molecular formula is C24H34O4. The summed E-state index contributed by atoms with van der Waals surface area (Å²) in [6.07, 6.45) is 15.9. The van der Waals surface area contributed by atoms with E-state index in [0.29, 0.717) is 25.7 Å². The van der Waals surface area contributed by atoms with Gasteiger partial charge in [0.1, 0.15) is 12.2 Å². The van der Waals surface area contributed by atoms with Gasteiger partial charge in [-0.1, -0.05) is 49.6 Å². The van der Waals surface area contributed by atoms with E-state index < -0.39 is 11.8 Å². The molecule has 4 unspecified atom stereocenters. The minimum absolute atomic E-state index is 0.352. The predicted molar refractivity (Wildman–Crippen MR) is 114 cm³/mol. The third-order valence-corrected chi connectivity index (χ3v) is 4.89. The molecule has 0 aliphatic heterocycles.